The lowest BCUT2D eigenvalue weighted by Gasteiger charge is -2.19. The number of furan rings is 1. The van der Waals surface area contributed by atoms with Crippen molar-refractivity contribution in [2.24, 2.45) is 0 Å². The Morgan fingerprint density at radius 1 is 1.04 bits per heavy atom. The lowest BCUT2D eigenvalue weighted by molar-refractivity contribution is -0.130. The molecule has 2 atom stereocenters. The molecule has 0 radical (unpaired) electrons. The van der Waals surface area contributed by atoms with Crippen LogP contribution in [0.25, 0.3) is 0 Å². The van der Waals surface area contributed by atoms with Crippen LogP contribution in [0.2, 0.25) is 0 Å². The molecule has 0 fully saturated rings. The van der Waals surface area contributed by atoms with Gasteiger partial charge >= 0.3 is 0 Å². The van der Waals surface area contributed by atoms with Gasteiger partial charge in [0.1, 0.15) is 0 Å². The third-order valence-electron chi connectivity index (χ3n) is 4.68. The summed E-state index contributed by atoms with van der Waals surface area (Å²) in [6.45, 7) is 4.37. The summed E-state index contributed by atoms with van der Waals surface area (Å²) >= 11 is 0. The van der Waals surface area contributed by atoms with Crippen molar-refractivity contribution in [1.82, 2.24) is 10.6 Å². The highest BCUT2D eigenvalue weighted by atomic mass is 16.3. The molecule has 1 heterocycles. The summed E-state index contributed by atoms with van der Waals surface area (Å²) in [5.74, 6) is -0.757. The van der Waals surface area contributed by atoms with E-state index >= 15 is 0 Å². The van der Waals surface area contributed by atoms with E-state index in [0.717, 1.165) is 12.8 Å². The summed E-state index contributed by atoms with van der Waals surface area (Å²) in [5.41, 5.74) is 0. The number of rotatable bonds is 15. The fraction of sp³-hybridized carbons (Fsp3) is 0.714. The minimum Gasteiger partial charge on any atom is -0.459 e. The van der Waals surface area contributed by atoms with Crippen LogP contribution in [0.4, 0.5) is 0 Å². The summed E-state index contributed by atoms with van der Waals surface area (Å²) in [5, 5.41) is 15.3. The zero-order valence-electron chi connectivity index (χ0n) is 16.8. The van der Waals surface area contributed by atoms with Crippen molar-refractivity contribution in [3.8, 4) is 0 Å². The minimum absolute atomic E-state index is 0.153. The lowest BCUT2D eigenvalue weighted by Crippen LogP contribution is -2.49. The monoisotopic (exact) mass is 380 g/mol. The second kappa shape index (κ2) is 14.3. The zero-order chi connectivity index (χ0) is 19.9. The summed E-state index contributed by atoms with van der Waals surface area (Å²) in [6.07, 6.45) is 12.5. The Kier molecular flexibility index (Phi) is 12.3. The van der Waals surface area contributed by atoms with Gasteiger partial charge in [-0.25, -0.2) is 0 Å². The fourth-order valence-electron chi connectivity index (χ4n) is 2.92. The SMILES string of the molecule is CCCCCCCCCCCCNC(=O)[C@H](O)[C@H](C)NC(=O)c1ccco1. The minimum atomic E-state index is -1.29. The van der Waals surface area contributed by atoms with Crippen LogP contribution in [-0.4, -0.2) is 35.6 Å². The molecule has 0 spiro atoms. The van der Waals surface area contributed by atoms with E-state index in [1.165, 1.54) is 63.7 Å². The summed E-state index contributed by atoms with van der Waals surface area (Å²) < 4.78 is 4.99. The van der Waals surface area contributed by atoms with E-state index < -0.39 is 24.0 Å². The molecule has 154 valence electrons. The number of hydrogen-bond acceptors (Lipinski definition) is 4. The molecule has 6 nitrogen and oxygen atoms in total. The van der Waals surface area contributed by atoms with Crippen LogP contribution < -0.4 is 10.6 Å². The number of aliphatic hydroxyl groups is 1. The van der Waals surface area contributed by atoms with Crippen LogP contribution >= 0.6 is 0 Å². The second-order valence-corrected chi connectivity index (χ2v) is 7.16. The molecule has 6 heteroatoms. The summed E-state index contributed by atoms with van der Waals surface area (Å²) in [7, 11) is 0. The maximum absolute atomic E-state index is 12.0. The highest BCUT2D eigenvalue weighted by Gasteiger charge is 2.24. The van der Waals surface area contributed by atoms with Gasteiger partial charge in [-0.05, 0) is 25.5 Å². The van der Waals surface area contributed by atoms with Crippen molar-refractivity contribution in [3.05, 3.63) is 24.2 Å². The molecule has 2 amide bonds. The van der Waals surface area contributed by atoms with Crippen molar-refractivity contribution in [2.45, 2.75) is 90.2 Å². The smallest absolute Gasteiger partial charge is 0.287 e. The molecular weight excluding hydrogens is 344 g/mol. The van der Waals surface area contributed by atoms with Crippen molar-refractivity contribution in [1.29, 1.82) is 0 Å². The van der Waals surface area contributed by atoms with E-state index in [0.29, 0.717) is 6.54 Å². The Balaban J connectivity index is 2.04. The number of hydrogen-bond donors (Lipinski definition) is 3. The molecule has 0 saturated heterocycles. The Hall–Kier alpha value is -1.82. The molecular formula is C21H36N2O4. The molecule has 0 aliphatic heterocycles. The molecule has 0 saturated carbocycles. The van der Waals surface area contributed by atoms with Gasteiger partial charge in [0.05, 0.1) is 12.3 Å². The third kappa shape index (κ3) is 10.2. The van der Waals surface area contributed by atoms with Gasteiger partial charge in [0.25, 0.3) is 11.8 Å². The molecule has 0 unspecified atom stereocenters. The van der Waals surface area contributed by atoms with E-state index in [1.54, 1.807) is 13.0 Å². The number of unbranched alkanes of at least 4 members (excludes halogenated alkanes) is 9. The maximum atomic E-state index is 12.0. The van der Waals surface area contributed by atoms with Crippen molar-refractivity contribution < 1.29 is 19.1 Å². The van der Waals surface area contributed by atoms with Crippen molar-refractivity contribution in [3.63, 3.8) is 0 Å². The number of nitrogens with one attached hydrogen (secondary N) is 2. The Bertz CT molecular complexity index is 516. The van der Waals surface area contributed by atoms with Gasteiger partial charge in [0, 0.05) is 6.54 Å². The molecule has 1 rings (SSSR count). The number of aliphatic hydroxyl groups excluding tert-OH is 1. The Morgan fingerprint density at radius 2 is 1.63 bits per heavy atom. The van der Waals surface area contributed by atoms with Crippen LogP contribution in [0, 0.1) is 0 Å². The van der Waals surface area contributed by atoms with E-state index in [-0.39, 0.29) is 5.76 Å². The molecule has 1 aromatic rings. The lowest BCUT2D eigenvalue weighted by atomic mass is 10.1. The van der Waals surface area contributed by atoms with Crippen LogP contribution in [0.5, 0.6) is 0 Å². The highest BCUT2D eigenvalue weighted by Crippen LogP contribution is 2.10. The Morgan fingerprint density at radius 3 is 2.19 bits per heavy atom. The summed E-state index contributed by atoms with van der Waals surface area (Å²) in [6, 6.07) is 2.44. The first-order valence-electron chi connectivity index (χ1n) is 10.4. The van der Waals surface area contributed by atoms with E-state index in [9.17, 15) is 14.7 Å². The van der Waals surface area contributed by atoms with Gasteiger partial charge in [0.15, 0.2) is 11.9 Å². The average molecular weight is 381 g/mol. The molecule has 0 aliphatic rings. The van der Waals surface area contributed by atoms with E-state index in [1.807, 2.05) is 0 Å². The van der Waals surface area contributed by atoms with Crippen molar-refractivity contribution >= 4 is 11.8 Å². The molecule has 0 aliphatic carbocycles. The molecule has 27 heavy (non-hydrogen) atoms. The predicted molar refractivity (Wildman–Crippen MR) is 106 cm³/mol. The topological polar surface area (TPSA) is 91.6 Å². The first kappa shape index (κ1) is 23.2. The van der Waals surface area contributed by atoms with Gasteiger partial charge in [-0.2, -0.15) is 0 Å². The second-order valence-electron chi connectivity index (χ2n) is 7.16. The van der Waals surface area contributed by atoms with Gasteiger partial charge in [-0.1, -0.05) is 64.7 Å². The van der Waals surface area contributed by atoms with Gasteiger partial charge in [-0.15, -0.1) is 0 Å². The third-order valence-corrected chi connectivity index (χ3v) is 4.68. The molecule has 0 aromatic carbocycles. The number of carbonyl (C=O) groups is 2. The van der Waals surface area contributed by atoms with Gasteiger partial charge < -0.3 is 20.2 Å². The standard InChI is InChI=1S/C21H36N2O4/c1-3-4-5-6-7-8-9-10-11-12-15-22-21(26)19(24)17(2)23-20(25)18-14-13-16-27-18/h13-14,16-17,19,24H,3-12,15H2,1-2H3,(H,22,26)(H,23,25)/t17-,19+/m0/s1. The van der Waals surface area contributed by atoms with Gasteiger partial charge in [0.2, 0.25) is 0 Å². The van der Waals surface area contributed by atoms with Crippen LogP contribution in [0.3, 0.4) is 0 Å². The predicted octanol–water partition coefficient (Wildman–Crippen LogP) is 3.80. The largest absolute Gasteiger partial charge is 0.459 e. The van der Waals surface area contributed by atoms with Crippen molar-refractivity contribution in [2.75, 3.05) is 6.54 Å². The molecule has 1 aromatic heterocycles. The number of carbonyl (C=O) groups excluding carboxylic acids is 2. The molecule has 3 N–H and O–H groups in total. The normalized spacial score (nSPS) is 13.1. The first-order chi connectivity index (χ1) is 13.1. The quantitative estimate of drug-likeness (QED) is 0.404. The van der Waals surface area contributed by atoms with E-state index in [4.69, 9.17) is 4.42 Å². The van der Waals surface area contributed by atoms with Crippen LogP contribution in [0.1, 0.15) is 88.6 Å². The van der Waals surface area contributed by atoms with E-state index in [2.05, 4.69) is 17.6 Å². The molecule has 0 bridgehead atoms. The van der Waals surface area contributed by atoms with Crippen LogP contribution in [-0.2, 0) is 4.79 Å². The number of amides is 2. The fourth-order valence-corrected chi connectivity index (χ4v) is 2.92. The zero-order valence-corrected chi connectivity index (χ0v) is 16.8. The first-order valence-corrected chi connectivity index (χ1v) is 10.4. The maximum Gasteiger partial charge on any atom is 0.287 e. The average Bonchev–Trinajstić information content (AvgIpc) is 3.20. The van der Waals surface area contributed by atoms with Gasteiger partial charge in [-0.3, -0.25) is 9.59 Å². The highest BCUT2D eigenvalue weighted by molar-refractivity contribution is 5.92. The summed E-state index contributed by atoms with van der Waals surface area (Å²) in [4.78, 5) is 23.8. The van der Waals surface area contributed by atoms with Crippen LogP contribution in [0.15, 0.2) is 22.8 Å². The Labute approximate surface area is 163 Å².